The summed E-state index contributed by atoms with van der Waals surface area (Å²) < 4.78 is 38.5. The molecule has 1 unspecified atom stereocenters. The Bertz CT molecular complexity index is 917. The van der Waals surface area contributed by atoms with E-state index in [2.05, 4.69) is 20.6 Å². The lowest BCUT2D eigenvalue weighted by Gasteiger charge is -2.22. The summed E-state index contributed by atoms with van der Waals surface area (Å²) in [6.45, 7) is 0.115. The zero-order valence-corrected chi connectivity index (χ0v) is 14.5. The number of rotatable bonds is 4. The molecule has 1 aliphatic heterocycles. The number of hydrogen-bond donors (Lipinski definition) is 4. The fourth-order valence-corrected chi connectivity index (χ4v) is 2.55. The van der Waals surface area contributed by atoms with Gasteiger partial charge in [0.05, 0.1) is 23.5 Å². The molecule has 10 heteroatoms. The SMILES string of the molecule is Nc1ccccc1NC(=O)NCc1cccc(C2=NOC(O)(C(F)(F)F)C2)c1. The third-order valence-corrected chi connectivity index (χ3v) is 4.08. The molecule has 5 N–H and O–H groups in total. The average Bonchev–Trinajstić information content (AvgIpc) is 3.06. The molecule has 0 spiro atoms. The first-order valence-electron chi connectivity index (χ1n) is 8.21. The highest BCUT2D eigenvalue weighted by molar-refractivity contribution is 6.01. The molecule has 28 heavy (non-hydrogen) atoms. The fourth-order valence-electron chi connectivity index (χ4n) is 2.55. The number of carbonyl (C=O) groups is 1. The van der Waals surface area contributed by atoms with E-state index in [1.54, 1.807) is 48.5 Å². The van der Waals surface area contributed by atoms with E-state index in [9.17, 15) is 23.1 Å². The number of oxime groups is 1. The van der Waals surface area contributed by atoms with Gasteiger partial charge in [0.25, 0.3) is 0 Å². The van der Waals surface area contributed by atoms with E-state index in [1.165, 1.54) is 0 Å². The quantitative estimate of drug-likeness (QED) is 0.598. The topological polar surface area (TPSA) is 109 Å². The van der Waals surface area contributed by atoms with Gasteiger partial charge >= 0.3 is 18.0 Å². The maximum Gasteiger partial charge on any atom is 0.458 e. The van der Waals surface area contributed by atoms with Gasteiger partial charge in [-0.3, -0.25) is 0 Å². The van der Waals surface area contributed by atoms with Crippen LogP contribution in [0.4, 0.5) is 29.3 Å². The van der Waals surface area contributed by atoms with Gasteiger partial charge in [-0.05, 0) is 29.3 Å². The number of carbonyl (C=O) groups excluding carboxylic acids is 1. The van der Waals surface area contributed by atoms with Crippen LogP contribution in [-0.4, -0.2) is 28.8 Å². The van der Waals surface area contributed by atoms with Crippen molar-refractivity contribution in [3.63, 3.8) is 0 Å². The van der Waals surface area contributed by atoms with E-state index in [-0.39, 0.29) is 12.3 Å². The lowest BCUT2D eigenvalue weighted by atomic mass is 10.0. The second-order valence-electron chi connectivity index (χ2n) is 6.18. The normalized spacial score (nSPS) is 18.9. The molecule has 3 rings (SSSR count). The fraction of sp³-hybridized carbons (Fsp3) is 0.222. The van der Waals surface area contributed by atoms with E-state index < -0.39 is 24.4 Å². The zero-order chi connectivity index (χ0) is 20.4. The number of hydrogen-bond acceptors (Lipinski definition) is 5. The van der Waals surface area contributed by atoms with Crippen molar-refractivity contribution >= 4 is 23.1 Å². The molecule has 2 amide bonds. The second-order valence-corrected chi connectivity index (χ2v) is 6.18. The molecule has 2 aromatic rings. The summed E-state index contributed by atoms with van der Waals surface area (Å²) in [6.07, 6.45) is -5.78. The summed E-state index contributed by atoms with van der Waals surface area (Å²) >= 11 is 0. The molecule has 0 aromatic heterocycles. The van der Waals surface area contributed by atoms with Gasteiger partial charge in [0, 0.05) is 6.54 Å². The van der Waals surface area contributed by atoms with Crippen molar-refractivity contribution in [1.29, 1.82) is 0 Å². The van der Waals surface area contributed by atoms with Gasteiger partial charge in [-0.1, -0.05) is 35.5 Å². The summed E-state index contributed by atoms with van der Waals surface area (Å²) in [5, 5.41) is 18.1. The van der Waals surface area contributed by atoms with Crippen LogP contribution in [0.5, 0.6) is 0 Å². The van der Waals surface area contributed by atoms with E-state index in [0.29, 0.717) is 22.5 Å². The largest absolute Gasteiger partial charge is 0.458 e. The molecule has 0 radical (unpaired) electrons. The number of para-hydroxylation sites is 2. The zero-order valence-electron chi connectivity index (χ0n) is 14.5. The molecule has 0 saturated heterocycles. The Morgan fingerprint density at radius 3 is 2.68 bits per heavy atom. The number of alkyl halides is 3. The summed E-state index contributed by atoms with van der Waals surface area (Å²) in [6, 6.07) is 12.7. The summed E-state index contributed by atoms with van der Waals surface area (Å²) in [5.74, 6) is -3.33. The molecule has 7 nitrogen and oxygen atoms in total. The van der Waals surface area contributed by atoms with Crippen LogP contribution in [0.25, 0.3) is 0 Å². The first-order valence-corrected chi connectivity index (χ1v) is 8.21. The van der Waals surface area contributed by atoms with Crippen molar-refractivity contribution in [1.82, 2.24) is 5.32 Å². The number of nitrogens with one attached hydrogen (secondary N) is 2. The van der Waals surface area contributed by atoms with Gasteiger partial charge in [-0.2, -0.15) is 13.2 Å². The first kappa shape index (κ1) is 19.5. The lowest BCUT2D eigenvalue weighted by Crippen LogP contribution is -2.45. The molecular weight excluding hydrogens is 377 g/mol. The minimum Gasteiger partial charge on any atom is -0.397 e. The van der Waals surface area contributed by atoms with Crippen LogP contribution in [-0.2, 0) is 11.4 Å². The van der Waals surface area contributed by atoms with Gasteiger partial charge in [0.1, 0.15) is 0 Å². The maximum atomic E-state index is 12.8. The Morgan fingerprint density at radius 2 is 2.00 bits per heavy atom. The third-order valence-electron chi connectivity index (χ3n) is 4.08. The molecule has 0 saturated carbocycles. The molecular formula is C18H17F3N4O3. The molecule has 1 aliphatic rings. The third kappa shape index (κ3) is 4.17. The highest BCUT2D eigenvalue weighted by Gasteiger charge is 2.60. The van der Waals surface area contributed by atoms with Crippen LogP contribution in [0.1, 0.15) is 17.5 Å². The van der Waals surface area contributed by atoms with Crippen LogP contribution in [0.2, 0.25) is 0 Å². The standard InChI is InChI=1S/C18H17F3N4O3/c19-18(20,21)17(27)9-15(25-28-17)12-5-3-4-11(8-12)10-23-16(26)24-14-7-2-1-6-13(14)22/h1-8,27H,9-10,22H2,(H2,23,24,26). The van der Waals surface area contributed by atoms with Crippen LogP contribution < -0.4 is 16.4 Å². The van der Waals surface area contributed by atoms with Gasteiger partial charge < -0.3 is 26.3 Å². The van der Waals surface area contributed by atoms with Crippen LogP contribution >= 0.6 is 0 Å². The Hall–Kier alpha value is -3.27. The predicted octanol–water partition coefficient (Wildman–Crippen LogP) is 2.97. The number of benzene rings is 2. The van der Waals surface area contributed by atoms with Crippen LogP contribution in [0.3, 0.4) is 0 Å². The van der Waals surface area contributed by atoms with E-state index in [0.717, 1.165) is 0 Å². The molecule has 0 bridgehead atoms. The van der Waals surface area contributed by atoms with Gasteiger partial charge in [0.15, 0.2) is 0 Å². The highest BCUT2D eigenvalue weighted by atomic mass is 19.4. The van der Waals surface area contributed by atoms with E-state index in [1.807, 2.05) is 0 Å². The molecule has 0 fully saturated rings. The van der Waals surface area contributed by atoms with Crippen molar-refractivity contribution in [2.75, 3.05) is 11.1 Å². The monoisotopic (exact) mass is 394 g/mol. The number of nitrogen functional groups attached to an aromatic ring is 1. The van der Waals surface area contributed by atoms with Crippen molar-refractivity contribution in [2.24, 2.45) is 5.16 Å². The van der Waals surface area contributed by atoms with Gasteiger partial charge in [-0.15, -0.1) is 0 Å². The van der Waals surface area contributed by atoms with E-state index in [4.69, 9.17) is 5.73 Å². The maximum absolute atomic E-state index is 12.8. The minimum atomic E-state index is -4.96. The first-order chi connectivity index (χ1) is 13.2. The number of halogens is 3. The number of amides is 2. The number of nitrogens with zero attached hydrogens (tertiary/aromatic N) is 1. The Kier molecular flexibility index (Phi) is 5.14. The second kappa shape index (κ2) is 7.39. The Balaban J connectivity index is 1.61. The van der Waals surface area contributed by atoms with Crippen molar-refractivity contribution < 1.29 is 27.9 Å². The number of nitrogens with two attached hydrogens (primary N) is 1. The Labute approximate surface area is 158 Å². The molecule has 2 aromatic carbocycles. The number of aliphatic hydroxyl groups is 1. The molecule has 148 valence electrons. The number of urea groups is 1. The van der Waals surface area contributed by atoms with Crippen molar-refractivity contribution in [2.45, 2.75) is 24.9 Å². The van der Waals surface area contributed by atoms with Crippen LogP contribution in [0, 0.1) is 0 Å². The average molecular weight is 394 g/mol. The van der Waals surface area contributed by atoms with Gasteiger partial charge in [-0.25, -0.2) is 4.79 Å². The Morgan fingerprint density at radius 1 is 1.25 bits per heavy atom. The summed E-state index contributed by atoms with van der Waals surface area (Å²) in [5.41, 5.74) is 7.56. The minimum absolute atomic E-state index is 0.0387. The number of anilines is 2. The lowest BCUT2D eigenvalue weighted by molar-refractivity contribution is -0.355. The van der Waals surface area contributed by atoms with Crippen LogP contribution in [0.15, 0.2) is 53.7 Å². The highest BCUT2D eigenvalue weighted by Crippen LogP contribution is 2.38. The van der Waals surface area contributed by atoms with Crippen molar-refractivity contribution in [3.8, 4) is 0 Å². The van der Waals surface area contributed by atoms with Gasteiger partial charge in [0.2, 0.25) is 0 Å². The summed E-state index contributed by atoms with van der Waals surface area (Å²) in [7, 11) is 0. The predicted molar refractivity (Wildman–Crippen MR) is 96.4 cm³/mol. The molecule has 1 atom stereocenters. The molecule has 0 aliphatic carbocycles. The summed E-state index contributed by atoms with van der Waals surface area (Å²) in [4.78, 5) is 16.2. The smallest absolute Gasteiger partial charge is 0.397 e. The van der Waals surface area contributed by atoms with E-state index >= 15 is 0 Å². The molecule has 1 heterocycles. The van der Waals surface area contributed by atoms with Crippen molar-refractivity contribution in [3.05, 3.63) is 59.7 Å².